The average molecular weight is 321 g/mol. The van der Waals surface area contributed by atoms with Crippen molar-refractivity contribution in [1.29, 1.82) is 5.26 Å². The molecule has 24 heavy (non-hydrogen) atoms. The van der Waals surface area contributed by atoms with Gasteiger partial charge in [0.05, 0.1) is 17.3 Å². The molecule has 2 aromatic carbocycles. The Bertz CT molecular complexity index is 802. The number of hydrogen-bond acceptors (Lipinski definition) is 5. The highest BCUT2D eigenvalue weighted by Crippen LogP contribution is 2.29. The number of nitriles is 1. The fourth-order valence-electron chi connectivity index (χ4n) is 3.08. The molecule has 2 aromatic rings. The Kier molecular flexibility index (Phi) is 4.39. The van der Waals surface area contributed by atoms with E-state index in [1.807, 2.05) is 18.2 Å². The predicted molar refractivity (Wildman–Crippen MR) is 93.7 cm³/mol. The van der Waals surface area contributed by atoms with Crippen LogP contribution in [0, 0.1) is 11.3 Å². The maximum Gasteiger partial charge on any atom is 0.161 e. The van der Waals surface area contributed by atoms with E-state index < -0.39 is 0 Å². The van der Waals surface area contributed by atoms with Crippen molar-refractivity contribution >= 4 is 17.2 Å². The molecule has 5 nitrogen and oxygen atoms in total. The number of nitrogens with zero attached hydrogens (tertiary/aromatic N) is 3. The maximum absolute atomic E-state index is 11.9. The Morgan fingerprint density at radius 2 is 1.67 bits per heavy atom. The van der Waals surface area contributed by atoms with E-state index in [1.54, 1.807) is 31.2 Å². The number of carbonyl (C=O) groups is 1. The highest BCUT2D eigenvalue weighted by molar-refractivity contribution is 6.00. The van der Waals surface area contributed by atoms with Crippen molar-refractivity contribution in [2.75, 3.05) is 36.0 Å². The van der Waals surface area contributed by atoms with Crippen LogP contribution in [0.5, 0.6) is 5.75 Å². The van der Waals surface area contributed by atoms with Crippen LogP contribution in [0.15, 0.2) is 42.5 Å². The molecular weight excluding hydrogens is 302 g/mol. The van der Waals surface area contributed by atoms with Crippen LogP contribution < -0.4 is 9.80 Å². The number of para-hydroxylation sites is 2. The van der Waals surface area contributed by atoms with E-state index in [4.69, 9.17) is 5.26 Å². The highest BCUT2D eigenvalue weighted by atomic mass is 16.3. The molecular formula is C19H19N3O2. The summed E-state index contributed by atoms with van der Waals surface area (Å²) in [5.41, 5.74) is 2.84. The second-order valence-electron chi connectivity index (χ2n) is 5.86. The van der Waals surface area contributed by atoms with Crippen LogP contribution in [0.25, 0.3) is 0 Å². The molecule has 0 aliphatic carbocycles. The summed E-state index contributed by atoms with van der Waals surface area (Å²) in [5, 5.41) is 19.1. The average Bonchev–Trinajstić information content (AvgIpc) is 2.61. The lowest BCUT2D eigenvalue weighted by molar-refractivity contribution is 0.101. The van der Waals surface area contributed by atoms with Crippen molar-refractivity contribution in [2.45, 2.75) is 6.92 Å². The summed E-state index contributed by atoms with van der Waals surface area (Å²) in [7, 11) is 0. The van der Waals surface area contributed by atoms with Crippen LogP contribution >= 0.6 is 0 Å². The van der Waals surface area contributed by atoms with Crippen LogP contribution in [-0.4, -0.2) is 37.1 Å². The third kappa shape index (κ3) is 3.04. The van der Waals surface area contributed by atoms with E-state index in [-0.39, 0.29) is 11.5 Å². The van der Waals surface area contributed by atoms with Crippen LogP contribution in [-0.2, 0) is 0 Å². The first kappa shape index (κ1) is 15.9. The number of rotatable bonds is 3. The molecule has 0 unspecified atom stereocenters. The molecule has 1 fully saturated rings. The highest BCUT2D eigenvalue weighted by Gasteiger charge is 2.22. The third-order valence-electron chi connectivity index (χ3n) is 4.35. The van der Waals surface area contributed by atoms with Gasteiger partial charge in [-0.25, -0.2) is 0 Å². The Hall–Kier alpha value is -3.00. The van der Waals surface area contributed by atoms with Crippen molar-refractivity contribution in [3.05, 3.63) is 53.6 Å². The Labute approximate surface area is 141 Å². The monoisotopic (exact) mass is 321 g/mol. The molecule has 3 rings (SSSR count). The van der Waals surface area contributed by atoms with Gasteiger partial charge in [0, 0.05) is 37.4 Å². The second kappa shape index (κ2) is 6.63. The number of phenols is 1. The third-order valence-corrected chi connectivity index (χ3v) is 4.35. The second-order valence-corrected chi connectivity index (χ2v) is 5.86. The van der Waals surface area contributed by atoms with Crippen LogP contribution in [0.3, 0.4) is 0 Å². The summed E-state index contributed by atoms with van der Waals surface area (Å²) in [6.07, 6.45) is 0. The van der Waals surface area contributed by atoms with Crippen molar-refractivity contribution in [2.24, 2.45) is 0 Å². The van der Waals surface area contributed by atoms with Gasteiger partial charge in [-0.3, -0.25) is 4.79 Å². The van der Waals surface area contributed by atoms with Crippen LogP contribution in [0.4, 0.5) is 11.4 Å². The summed E-state index contributed by atoms with van der Waals surface area (Å²) in [4.78, 5) is 16.2. The standard InChI is InChI=1S/C19H19N3O2/c1-14(23)16-7-6-15(13-20)12-18(16)22-10-8-21(9-11-22)17-4-2-3-5-19(17)24/h2-7,12,24H,8-11H2,1H3. The zero-order chi connectivity index (χ0) is 17.1. The van der Waals surface area contributed by atoms with E-state index in [1.165, 1.54) is 0 Å². The van der Waals surface area contributed by atoms with E-state index in [0.29, 0.717) is 11.1 Å². The minimum atomic E-state index is -0.00220. The van der Waals surface area contributed by atoms with Gasteiger partial charge in [-0.15, -0.1) is 0 Å². The van der Waals surface area contributed by atoms with E-state index in [2.05, 4.69) is 15.9 Å². The van der Waals surface area contributed by atoms with E-state index >= 15 is 0 Å². The molecule has 5 heteroatoms. The summed E-state index contributed by atoms with van der Waals surface area (Å²) in [6.45, 7) is 4.48. The molecule has 0 spiro atoms. The molecule has 1 aliphatic heterocycles. The molecule has 1 saturated heterocycles. The number of anilines is 2. The SMILES string of the molecule is CC(=O)c1ccc(C#N)cc1N1CCN(c2ccccc2O)CC1. The van der Waals surface area contributed by atoms with Gasteiger partial charge in [-0.2, -0.15) is 5.26 Å². The molecule has 0 atom stereocenters. The lowest BCUT2D eigenvalue weighted by atomic mass is 10.0. The van der Waals surface area contributed by atoms with Gasteiger partial charge in [0.2, 0.25) is 0 Å². The number of carbonyl (C=O) groups excluding carboxylic acids is 1. The number of Topliss-reactive ketones (excluding diaryl/α,β-unsaturated/α-hetero) is 1. The number of phenolic OH excluding ortho intramolecular Hbond substituents is 1. The fourth-order valence-corrected chi connectivity index (χ4v) is 3.08. The number of aromatic hydroxyl groups is 1. The molecule has 0 amide bonds. The minimum absolute atomic E-state index is 0.00220. The van der Waals surface area contributed by atoms with Crippen molar-refractivity contribution in [3.8, 4) is 11.8 Å². The first-order valence-corrected chi connectivity index (χ1v) is 7.93. The van der Waals surface area contributed by atoms with Gasteiger partial charge in [-0.1, -0.05) is 12.1 Å². The van der Waals surface area contributed by atoms with Gasteiger partial charge in [0.15, 0.2) is 5.78 Å². The molecule has 1 N–H and O–H groups in total. The molecule has 0 radical (unpaired) electrons. The van der Waals surface area contributed by atoms with Gasteiger partial charge in [-0.05, 0) is 37.3 Å². The number of ketones is 1. The largest absolute Gasteiger partial charge is 0.506 e. The summed E-state index contributed by atoms with van der Waals surface area (Å²) in [5.74, 6) is 0.277. The molecule has 0 saturated carbocycles. The first-order valence-electron chi connectivity index (χ1n) is 7.93. The smallest absolute Gasteiger partial charge is 0.161 e. The van der Waals surface area contributed by atoms with Crippen molar-refractivity contribution in [1.82, 2.24) is 0 Å². The van der Waals surface area contributed by atoms with Gasteiger partial charge < -0.3 is 14.9 Å². The topological polar surface area (TPSA) is 67.6 Å². The minimum Gasteiger partial charge on any atom is -0.506 e. The quantitative estimate of drug-likeness (QED) is 0.881. The van der Waals surface area contributed by atoms with Crippen LogP contribution in [0.2, 0.25) is 0 Å². The zero-order valence-electron chi connectivity index (χ0n) is 13.6. The summed E-state index contributed by atoms with van der Waals surface area (Å²) in [6, 6.07) is 14.6. The molecule has 1 aliphatic rings. The lowest BCUT2D eigenvalue weighted by Crippen LogP contribution is -2.47. The number of hydrogen-bond donors (Lipinski definition) is 1. The Morgan fingerprint density at radius 1 is 1.04 bits per heavy atom. The molecule has 0 bridgehead atoms. The summed E-state index contributed by atoms with van der Waals surface area (Å²) < 4.78 is 0. The van der Waals surface area contributed by atoms with Crippen LogP contribution in [0.1, 0.15) is 22.8 Å². The predicted octanol–water partition coefficient (Wildman–Crippen LogP) is 2.79. The summed E-state index contributed by atoms with van der Waals surface area (Å²) >= 11 is 0. The normalized spacial score (nSPS) is 14.3. The Morgan fingerprint density at radius 3 is 2.25 bits per heavy atom. The number of piperazine rings is 1. The lowest BCUT2D eigenvalue weighted by Gasteiger charge is -2.38. The molecule has 122 valence electrons. The number of benzene rings is 2. The van der Waals surface area contributed by atoms with Gasteiger partial charge in [0.1, 0.15) is 5.75 Å². The Balaban J connectivity index is 1.81. The van der Waals surface area contributed by atoms with Crippen molar-refractivity contribution < 1.29 is 9.90 Å². The van der Waals surface area contributed by atoms with E-state index in [0.717, 1.165) is 37.6 Å². The van der Waals surface area contributed by atoms with Gasteiger partial charge >= 0.3 is 0 Å². The molecule has 0 aromatic heterocycles. The zero-order valence-corrected chi connectivity index (χ0v) is 13.6. The first-order chi connectivity index (χ1) is 11.6. The van der Waals surface area contributed by atoms with E-state index in [9.17, 15) is 9.90 Å². The fraction of sp³-hybridized carbons (Fsp3) is 0.263. The van der Waals surface area contributed by atoms with Crippen molar-refractivity contribution in [3.63, 3.8) is 0 Å². The van der Waals surface area contributed by atoms with Gasteiger partial charge in [0.25, 0.3) is 0 Å². The maximum atomic E-state index is 11.9. The molecule has 1 heterocycles.